The third kappa shape index (κ3) is 10.2. The number of hydrogen-bond donors (Lipinski definition) is 4. The lowest BCUT2D eigenvalue weighted by Gasteiger charge is -2.09. The van der Waals surface area contributed by atoms with Crippen LogP contribution in [0.2, 0.25) is 0 Å². The molecule has 0 aliphatic heterocycles. The molecule has 4 nitrogen and oxygen atoms in total. The molecule has 0 fully saturated rings. The molecule has 0 aliphatic rings. The summed E-state index contributed by atoms with van der Waals surface area (Å²) in [5.41, 5.74) is 2.31. The highest BCUT2D eigenvalue weighted by atomic mass is 16.3. The van der Waals surface area contributed by atoms with Crippen molar-refractivity contribution in [3.05, 3.63) is 53.1 Å². The highest BCUT2D eigenvalue weighted by Gasteiger charge is 2.09. The van der Waals surface area contributed by atoms with Crippen LogP contribution in [0.25, 0.3) is 12.2 Å². The van der Waals surface area contributed by atoms with Gasteiger partial charge in [0.05, 0.1) is 0 Å². The number of hydrogen-bond acceptors (Lipinski definition) is 4. The summed E-state index contributed by atoms with van der Waals surface area (Å²) in [6.07, 6.45) is 18.8. The fraction of sp³-hybridized carbons (Fsp3) is 0.500. The molecule has 0 spiro atoms. The fourth-order valence-electron chi connectivity index (χ4n) is 3.97. The molecule has 0 aliphatic carbocycles. The van der Waals surface area contributed by atoms with E-state index in [-0.39, 0.29) is 17.2 Å². The number of phenols is 3. The number of aliphatic hydroxyl groups is 1. The first-order valence-corrected chi connectivity index (χ1v) is 12.2. The molecule has 2 rings (SSSR count). The lowest BCUT2D eigenvalue weighted by Crippen LogP contribution is -1.90. The van der Waals surface area contributed by atoms with E-state index in [0.29, 0.717) is 18.6 Å². The van der Waals surface area contributed by atoms with Crippen molar-refractivity contribution < 1.29 is 20.4 Å². The molecule has 0 amide bonds. The monoisotopic (exact) mass is 440 g/mol. The van der Waals surface area contributed by atoms with Crippen molar-refractivity contribution in [2.24, 2.45) is 0 Å². The third-order valence-corrected chi connectivity index (χ3v) is 5.92. The summed E-state index contributed by atoms with van der Waals surface area (Å²) in [5, 5.41) is 38.8. The smallest absolute Gasteiger partial charge is 0.123 e. The molecule has 4 N–H and O–H groups in total. The zero-order chi connectivity index (χ0) is 23.0. The van der Waals surface area contributed by atoms with Crippen molar-refractivity contribution in [2.45, 2.75) is 83.5 Å². The van der Waals surface area contributed by atoms with Crippen LogP contribution in [0.5, 0.6) is 17.2 Å². The summed E-state index contributed by atoms with van der Waals surface area (Å²) in [6, 6.07) is 10.2. The number of rotatable bonds is 16. The molecule has 4 heteroatoms. The van der Waals surface area contributed by atoms with Crippen molar-refractivity contribution >= 4 is 12.2 Å². The van der Waals surface area contributed by atoms with E-state index in [1.165, 1.54) is 51.4 Å². The maximum atomic E-state index is 10.4. The predicted molar refractivity (Wildman–Crippen MR) is 133 cm³/mol. The molecule has 0 saturated carbocycles. The minimum atomic E-state index is 0.148. The van der Waals surface area contributed by atoms with E-state index in [9.17, 15) is 15.3 Å². The van der Waals surface area contributed by atoms with E-state index in [4.69, 9.17) is 5.11 Å². The van der Waals surface area contributed by atoms with Crippen LogP contribution >= 0.6 is 0 Å². The summed E-state index contributed by atoms with van der Waals surface area (Å²) in [4.78, 5) is 0. The second-order valence-electron chi connectivity index (χ2n) is 8.68. The Bertz CT molecular complexity index is 773. The molecule has 32 heavy (non-hydrogen) atoms. The first-order valence-electron chi connectivity index (χ1n) is 12.2. The summed E-state index contributed by atoms with van der Waals surface area (Å²) >= 11 is 0. The standard InChI is InChI=1S/C28H40O4/c29-20-12-10-8-6-4-2-1-3-5-7-9-11-13-26-27(31)21-24(22-28(26)32)15-14-23-16-18-25(30)19-17-23/h14-19,21-22,29-32H,1-13,20H2/b15-14+. The Morgan fingerprint density at radius 2 is 0.969 bits per heavy atom. The molecule has 0 heterocycles. The van der Waals surface area contributed by atoms with E-state index < -0.39 is 0 Å². The first kappa shape index (κ1) is 25.8. The van der Waals surface area contributed by atoms with E-state index in [0.717, 1.165) is 36.8 Å². The van der Waals surface area contributed by atoms with Gasteiger partial charge in [0.2, 0.25) is 0 Å². The summed E-state index contributed by atoms with van der Waals surface area (Å²) < 4.78 is 0. The van der Waals surface area contributed by atoms with Gasteiger partial charge in [0, 0.05) is 12.2 Å². The van der Waals surface area contributed by atoms with E-state index in [1.807, 2.05) is 12.2 Å². The largest absolute Gasteiger partial charge is 0.508 e. The molecule has 0 atom stereocenters. The van der Waals surface area contributed by atoms with Crippen LogP contribution in [0.4, 0.5) is 0 Å². The van der Waals surface area contributed by atoms with Crippen molar-refractivity contribution in [1.82, 2.24) is 0 Å². The quantitative estimate of drug-likeness (QED) is 0.164. The second-order valence-corrected chi connectivity index (χ2v) is 8.68. The zero-order valence-electron chi connectivity index (χ0n) is 19.3. The number of aliphatic hydroxyl groups excluding tert-OH is 1. The Morgan fingerprint density at radius 3 is 1.47 bits per heavy atom. The van der Waals surface area contributed by atoms with Gasteiger partial charge >= 0.3 is 0 Å². The van der Waals surface area contributed by atoms with E-state index in [1.54, 1.807) is 36.4 Å². The van der Waals surface area contributed by atoms with Crippen LogP contribution in [-0.2, 0) is 6.42 Å². The van der Waals surface area contributed by atoms with Gasteiger partial charge in [-0.05, 0) is 54.7 Å². The summed E-state index contributed by atoms with van der Waals surface area (Å²) in [5.74, 6) is 0.520. The van der Waals surface area contributed by atoms with Crippen LogP contribution in [0.1, 0.15) is 93.7 Å². The van der Waals surface area contributed by atoms with Gasteiger partial charge in [-0.1, -0.05) is 88.5 Å². The van der Waals surface area contributed by atoms with Crippen LogP contribution in [0.3, 0.4) is 0 Å². The number of phenolic OH excluding ortho intramolecular Hbond substituents is 3. The molecule has 0 bridgehead atoms. The number of unbranched alkanes of at least 4 members (excludes halogenated alkanes) is 11. The Kier molecular flexibility index (Phi) is 12.4. The molecule has 0 saturated heterocycles. The molecule has 0 aromatic heterocycles. The zero-order valence-corrected chi connectivity index (χ0v) is 19.3. The molecular formula is C28H40O4. The first-order chi connectivity index (χ1) is 15.6. The second kappa shape index (κ2) is 15.4. The third-order valence-electron chi connectivity index (χ3n) is 5.92. The van der Waals surface area contributed by atoms with Crippen LogP contribution < -0.4 is 0 Å². The summed E-state index contributed by atoms with van der Waals surface area (Å²) in [6.45, 7) is 0.323. The Balaban J connectivity index is 1.61. The molecular weight excluding hydrogens is 400 g/mol. The molecule has 2 aromatic rings. The van der Waals surface area contributed by atoms with Gasteiger partial charge in [-0.25, -0.2) is 0 Å². The molecule has 2 aromatic carbocycles. The van der Waals surface area contributed by atoms with E-state index >= 15 is 0 Å². The Morgan fingerprint density at radius 1 is 0.531 bits per heavy atom. The highest BCUT2D eigenvalue weighted by molar-refractivity contribution is 5.71. The van der Waals surface area contributed by atoms with Gasteiger partial charge in [-0.3, -0.25) is 0 Å². The minimum absolute atomic E-state index is 0.148. The van der Waals surface area contributed by atoms with Gasteiger partial charge in [0.15, 0.2) is 0 Å². The number of benzene rings is 2. The maximum absolute atomic E-state index is 10.4. The van der Waals surface area contributed by atoms with Crippen molar-refractivity contribution in [3.63, 3.8) is 0 Å². The van der Waals surface area contributed by atoms with Gasteiger partial charge in [-0.2, -0.15) is 0 Å². The Hall–Kier alpha value is -2.46. The SMILES string of the molecule is OCCCCCCCCCCCCCCc1c(O)cc(/C=C/c2ccc(O)cc2)cc1O. The van der Waals surface area contributed by atoms with Crippen molar-refractivity contribution in [3.8, 4) is 17.2 Å². The number of aromatic hydroxyl groups is 3. The lowest BCUT2D eigenvalue weighted by atomic mass is 10.0. The van der Waals surface area contributed by atoms with Gasteiger partial charge in [0.1, 0.15) is 17.2 Å². The topological polar surface area (TPSA) is 80.9 Å². The fourth-order valence-corrected chi connectivity index (χ4v) is 3.97. The van der Waals surface area contributed by atoms with Crippen LogP contribution in [0.15, 0.2) is 36.4 Å². The Labute approximate surface area is 193 Å². The van der Waals surface area contributed by atoms with Crippen LogP contribution in [0, 0.1) is 0 Å². The normalized spacial score (nSPS) is 11.4. The average Bonchev–Trinajstić information content (AvgIpc) is 2.78. The molecule has 0 unspecified atom stereocenters. The predicted octanol–water partition coefficient (Wildman–Crippen LogP) is 7.19. The van der Waals surface area contributed by atoms with E-state index in [2.05, 4.69) is 0 Å². The highest BCUT2D eigenvalue weighted by Crippen LogP contribution is 2.31. The van der Waals surface area contributed by atoms with Gasteiger partial charge in [0.25, 0.3) is 0 Å². The van der Waals surface area contributed by atoms with Crippen LogP contribution in [-0.4, -0.2) is 27.0 Å². The average molecular weight is 441 g/mol. The minimum Gasteiger partial charge on any atom is -0.508 e. The van der Waals surface area contributed by atoms with Crippen molar-refractivity contribution in [2.75, 3.05) is 6.61 Å². The van der Waals surface area contributed by atoms with Gasteiger partial charge < -0.3 is 20.4 Å². The summed E-state index contributed by atoms with van der Waals surface area (Å²) in [7, 11) is 0. The maximum Gasteiger partial charge on any atom is 0.123 e. The molecule has 0 radical (unpaired) electrons. The van der Waals surface area contributed by atoms with Crippen molar-refractivity contribution in [1.29, 1.82) is 0 Å². The molecule has 176 valence electrons. The van der Waals surface area contributed by atoms with Gasteiger partial charge in [-0.15, -0.1) is 0 Å². The lowest BCUT2D eigenvalue weighted by molar-refractivity contribution is 0.282.